The molecule has 0 aliphatic rings. The molecule has 0 saturated heterocycles. The monoisotopic (exact) mass is 350 g/mol. The van der Waals surface area contributed by atoms with Crippen molar-refractivity contribution in [2.24, 2.45) is 0 Å². The van der Waals surface area contributed by atoms with E-state index < -0.39 is 7.81 Å². The van der Waals surface area contributed by atoms with Gasteiger partial charge in [-0.2, -0.15) is 0 Å². The molecule has 0 atom stereocenters. The number of halogens is 7. The predicted molar refractivity (Wildman–Crippen MR) is 53.8 cm³/mol. The van der Waals surface area contributed by atoms with Crippen molar-refractivity contribution in [3.05, 3.63) is 33.9 Å². The standard InChI is InChI=1S/C6H5I.F6P/c7-6-4-2-1-3-5-6;1-7(2,3,4,5)6/h1-5H;/q;-1/p+1. The van der Waals surface area contributed by atoms with Crippen LogP contribution < -0.4 is 0 Å². The molecule has 0 heterocycles. The van der Waals surface area contributed by atoms with Crippen LogP contribution in [0.15, 0.2) is 30.3 Å². The van der Waals surface area contributed by atoms with Crippen LogP contribution in [-0.4, -0.2) is 0 Å². The van der Waals surface area contributed by atoms with Crippen molar-refractivity contribution in [1.82, 2.24) is 0 Å². The van der Waals surface area contributed by atoms with Gasteiger partial charge in [0.15, 0.2) is 0 Å². The Bertz CT molecular complexity index is 283. The van der Waals surface area contributed by atoms with Crippen LogP contribution in [0.25, 0.3) is 0 Å². The van der Waals surface area contributed by atoms with Crippen molar-refractivity contribution in [2.75, 3.05) is 0 Å². The number of benzene rings is 1. The van der Waals surface area contributed by atoms with E-state index in [-0.39, 0.29) is 1.43 Å². The Balaban J connectivity index is 0. The largest absolute Gasteiger partial charge is 1.00 e. The van der Waals surface area contributed by atoms with E-state index in [1.54, 1.807) is 0 Å². The summed E-state index contributed by atoms with van der Waals surface area (Å²) < 4.78 is 60.5. The summed E-state index contributed by atoms with van der Waals surface area (Å²) in [5.74, 6) is 0. The Kier molecular flexibility index (Phi) is 3.51. The van der Waals surface area contributed by atoms with Crippen LogP contribution in [0.5, 0.6) is 0 Å². The molecule has 0 spiro atoms. The second-order valence-electron chi connectivity index (χ2n) is 2.25. The molecule has 8 heteroatoms. The molecule has 14 heavy (non-hydrogen) atoms. The summed E-state index contributed by atoms with van der Waals surface area (Å²) in [6.07, 6.45) is 0. The minimum Gasteiger partial charge on any atom is -0.0622 e. The smallest absolute Gasteiger partial charge is 0.0622 e. The Morgan fingerprint density at radius 2 is 1.14 bits per heavy atom. The van der Waals surface area contributed by atoms with Crippen molar-refractivity contribution < 1.29 is 26.6 Å². The van der Waals surface area contributed by atoms with Crippen LogP contribution in [0, 0.1) is 3.57 Å². The van der Waals surface area contributed by atoms with Crippen molar-refractivity contribution in [3.63, 3.8) is 0 Å². The van der Waals surface area contributed by atoms with Crippen molar-refractivity contribution in [3.8, 4) is 0 Å². The van der Waals surface area contributed by atoms with E-state index in [1.165, 1.54) is 3.57 Å². The van der Waals surface area contributed by atoms with Gasteiger partial charge in [0.1, 0.15) is 0 Å². The summed E-state index contributed by atoms with van der Waals surface area (Å²) in [5, 5.41) is 0. The summed E-state index contributed by atoms with van der Waals surface area (Å²) in [6.45, 7) is 0. The molecule has 1 aromatic rings. The molecule has 0 saturated carbocycles. The average Bonchev–Trinajstić information content (AvgIpc) is 1.81. The van der Waals surface area contributed by atoms with Crippen LogP contribution >= 0.6 is 30.4 Å². The van der Waals surface area contributed by atoms with Crippen LogP contribution in [0.3, 0.4) is 0 Å². The molecule has 1 aromatic carbocycles. The average molecular weight is 350 g/mol. The fraction of sp³-hybridized carbons (Fsp3) is 0. The van der Waals surface area contributed by atoms with E-state index in [9.17, 15) is 25.2 Å². The van der Waals surface area contributed by atoms with E-state index in [0.717, 1.165) is 0 Å². The molecule has 0 amide bonds. The summed E-state index contributed by atoms with van der Waals surface area (Å²) in [4.78, 5) is 0. The zero-order chi connectivity index (χ0) is 11.5. The quantitative estimate of drug-likeness (QED) is 0.316. The summed E-state index contributed by atoms with van der Waals surface area (Å²) in [5.41, 5.74) is 0. The van der Waals surface area contributed by atoms with Crippen LogP contribution in [0.4, 0.5) is 25.2 Å². The summed E-state index contributed by atoms with van der Waals surface area (Å²) in [7, 11) is -10.7. The normalized spacial score (nSPS) is 15.9. The molecule has 0 nitrogen and oxygen atoms in total. The molecule has 0 aliphatic carbocycles. The number of hydrogen-bond acceptors (Lipinski definition) is 0. The molecule has 0 aliphatic heterocycles. The fourth-order valence-corrected chi connectivity index (χ4v) is 0.830. The molecule has 1 rings (SSSR count). The first kappa shape index (κ1) is 14.0. The molecule has 84 valence electrons. The minimum absolute atomic E-state index is 0. The van der Waals surface area contributed by atoms with E-state index >= 15 is 0 Å². The van der Waals surface area contributed by atoms with Crippen molar-refractivity contribution in [1.29, 1.82) is 0 Å². The first-order valence-electron chi connectivity index (χ1n) is 3.11. The Labute approximate surface area is 91.2 Å². The Morgan fingerprint density at radius 3 is 1.29 bits per heavy atom. The first-order valence-corrected chi connectivity index (χ1v) is 6.22. The summed E-state index contributed by atoms with van der Waals surface area (Å²) >= 11 is 2.28. The van der Waals surface area contributed by atoms with Gasteiger partial charge in [0.05, 0.1) is 0 Å². The van der Waals surface area contributed by atoms with E-state index in [2.05, 4.69) is 34.7 Å². The third-order valence-electron chi connectivity index (χ3n) is 0.733. The molecule has 0 aromatic heterocycles. The molecular weight excluding hydrogens is 344 g/mol. The maximum Gasteiger partial charge on any atom is 1.00 e. The van der Waals surface area contributed by atoms with Crippen LogP contribution in [0.1, 0.15) is 1.43 Å². The first-order chi connectivity index (χ1) is 5.84. The topological polar surface area (TPSA) is 0 Å². The molecule has 0 radical (unpaired) electrons. The third-order valence-corrected chi connectivity index (χ3v) is 1.45. The Morgan fingerprint density at radius 1 is 0.857 bits per heavy atom. The second-order valence-corrected chi connectivity index (χ2v) is 5.42. The number of rotatable bonds is 0. The fourth-order valence-electron chi connectivity index (χ4n) is 0.415. The van der Waals surface area contributed by atoms with E-state index in [1.807, 2.05) is 18.2 Å². The zero-order valence-corrected chi connectivity index (χ0v) is 9.53. The van der Waals surface area contributed by atoms with Gasteiger partial charge in [0.2, 0.25) is 0 Å². The van der Waals surface area contributed by atoms with Gasteiger partial charge in [-0.1, -0.05) is 18.2 Å². The van der Waals surface area contributed by atoms with Gasteiger partial charge < -0.3 is 0 Å². The molecule has 0 bridgehead atoms. The van der Waals surface area contributed by atoms with Gasteiger partial charge >= 0.3 is 34.4 Å². The molecule has 0 unspecified atom stereocenters. The van der Waals surface area contributed by atoms with Crippen LogP contribution in [-0.2, 0) is 0 Å². The van der Waals surface area contributed by atoms with Gasteiger partial charge in [0, 0.05) is 3.57 Å². The molecule has 0 N–H and O–H groups in total. The maximum atomic E-state index is 9.87. The van der Waals surface area contributed by atoms with Gasteiger partial charge in [-0.3, -0.25) is 0 Å². The van der Waals surface area contributed by atoms with Gasteiger partial charge in [-0.15, -0.1) is 0 Å². The Hall–Kier alpha value is -0.0400. The van der Waals surface area contributed by atoms with Crippen molar-refractivity contribution in [2.45, 2.75) is 0 Å². The third kappa shape index (κ3) is 22.7. The maximum absolute atomic E-state index is 10.7. The predicted octanol–water partition coefficient (Wildman–Crippen LogP) is 5.79. The van der Waals surface area contributed by atoms with Gasteiger partial charge in [-0.05, 0) is 34.7 Å². The zero-order valence-electron chi connectivity index (χ0n) is 7.48. The summed E-state index contributed by atoms with van der Waals surface area (Å²) in [6, 6.07) is 10.2. The van der Waals surface area contributed by atoms with Crippen LogP contribution in [0.2, 0.25) is 0 Å². The second kappa shape index (κ2) is 3.52. The van der Waals surface area contributed by atoms with E-state index in [0.29, 0.717) is 0 Å². The van der Waals surface area contributed by atoms with Gasteiger partial charge in [-0.25, -0.2) is 0 Å². The minimum atomic E-state index is -10.7. The van der Waals surface area contributed by atoms with Crippen molar-refractivity contribution >= 4 is 30.4 Å². The van der Waals surface area contributed by atoms with E-state index in [4.69, 9.17) is 0 Å². The SMILES string of the molecule is F[P-](F)(F)(F)(F)F.Ic1ccccc1.[H+]. The molecule has 0 fully saturated rings. The molecular formula is C6H6F6IP. The van der Waals surface area contributed by atoms with Gasteiger partial charge in [0.25, 0.3) is 0 Å². The number of hydrogen-bond donors (Lipinski definition) is 0.